The van der Waals surface area contributed by atoms with Crippen LogP contribution in [0, 0.1) is 0 Å². The molecule has 136 valence electrons. The summed E-state index contributed by atoms with van der Waals surface area (Å²) < 4.78 is 0.966. The number of nitrogens with zero attached hydrogens (tertiary/aromatic N) is 1. The van der Waals surface area contributed by atoms with E-state index in [0.29, 0.717) is 12.1 Å². The summed E-state index contributed by atoms with van der Waals surface area (Å²) in [6, 6.07) is 15.6. The zero-order chi connectivity index (χ0) is 18.6. The molecule has 4 heteroatoms. The average Bonchev–Trinajstić information content (AvgIpc) is 2.75. The highest BCUT2D eigenvalue weighted by molar-refractivity contribution is 9.10. The Kier molecular flexibility index (Phi) is 5.26. The highest BCUT2D eigenvalue weighted by Gasteiger charge is 2.25. The van der Waals surface area contributed by atoms with Crippen molar-refractivity contribution in [2.24, 2.45) is 0 Å². The average molecular weight is 421 g/mol. The summed E-state index contributed by atoms with van der Waals surface area (Å²) in [6.45, 7) is 0.554. The van der Waals surface area contributed by atoms with E-state index in [1.54, 1.807) is 0 Å². The van der Waals surface area contributed by atoms with Crippen LogP contribution in [0.1, 0.15) is 29.6 Å². The lowest BCUT2D eigenvalue weighted by Gasteiger charge is -2.23. The number of para-hydroxylation sites is 2. The molecule has 0 saturated heterocycles. The molecule has 2 aromatic carbocycles. The Morgan fingerprint density at radius 3 is 2.70 bits per heavy atom. The molecule has 0 radical (unpaired) electrons. The minimum Gasteiger partial charge on any atom is -0.357 e. The van der Waals surface area contributed by atoms with Gasteiger partial charge >= 0.3 is 0 Å². The number of amides is 1. The fraction of sp³-hybridized carbons (Fsp3) is 0.174. The number of allylic oxidation sites excluding steroid dienone is 4. The third-order valence-corrected chi connectivity index (χ3v) is 5.40. The molecule has 3 nitrogen and oxygen atoms in total. The Bertz CT molecular complexity index is 941. The molecule has 2 aromatic rings. The van der Waals surface area contributed by atoms with Gasteiger partial charge in [-0.15, -0.1) is 0 Å². The van der Waals surface area contributed by atoms with E-state index < -0.39 is 0 Å². The molecule has 0 bridgehead atoms. The van der Waals surface area contributed by atoms with Gasteiger partial charge in [0.1, 0.15) is 0 Å². The maximum absolute atomic E-state index is 13.3. The van der Waals surface area contributed by atoms with Gasteiger partial charge in [-0.1, -0.05) is 52.4 Å². The van der Waals surface area contributed by atoms with Crippen molar-refractivity contribution >= 4 is 33.2 Å². The first-order valence-corrected chi connectivity index (χ1v) is 10.0. The summed E-state index contributed by atoms with van der Waals surface area (Å²) in [5.74, 6) is 0.00862. The van der Waals surface area contributed by atoms with E-state index in [4.69, 9.17) is 0 Å². The minimum atomic E-state index is 0.00862. The molecule has 4 rings (SSSR count). The molecule has 0 spiro atoms. The molecule has 1 amide bonds. The maximum atomic E-state index is 13.3. The first kappa shape index (κ1) is 17.8. The van der Waals surface area contributed by atoms with Crippen LogP contribution in [-0.2, 0) is 0 Å². The highest BCUT2D eigenvalue weighted by Crippen LogP contribution is 2.34. The van der Waals surface area contributed by atoms with Crippen molar-refractivity contribution in [2.75, 3.05) is 16.8 Å². The van der Waals surface area contributed by atoms with Crippen LogP contribution >= 0.6 is 15.9 Å². The summed E-state index contributed by atoms with van der Waals surface area (Å²) >= 11 is 3.44. The van der Waals surface area contributed by atoms with E-state index in [0.717, 1.165) is 40.7 Å². The molecule has 27 heavy (non-hydrogen) atoms. The summed E-state index contributed by atoms with van der Waals surface area (Å²) in [4.78, 5) is 15.2. The van der Waals surface area contributed by atoms with Gasteiger partial charge in [-0.25, -0.2) is 0 Å². The van der Waals surface area contributed by atoms with Crippen molar-refractivity contribution in [3.63, 3.8) is 0 Å². The fourth-order valence-electron chi connectivity index (χ4n) is 3.46. The minimum absolute atomic E-state index is 0.00862. The fourth-order valence-corrected chi connectivity index (χ4v) is 3.72. The van der Waals surface area contributed by atoms with Gasteiger partial charge in [0.25, 0.3) is 5.91 Å². The predicted octanol–water partition coefficient (Wildman–Crippen LogP) is 6.07. The second-order valence-electron chi connectivity index (χ2n) is 6.72. The highest BCUT2D eigenvalue weighted by atomic mass is 79.9. The lowest BCUT2D eigenvalue weighted by Crippen LogP contribution is -2.32. The van der Waals surface area contributed by atoms with E-state index in [-0.39, 0.29) is 5.91 Å². The van der Waals surface area contributed by atoms with E-state index in [2.05, 4.69) is 45.6 Å². The van der Waals surface area contributed by atoms with Gasteiger partial charge in [-0.05, 0) is 61.2 Å². The van der Waals surface area contributed by atoms with Gasteiger partial charge in [0.05, 0.1) is 17.9 Å². The zero-order valence-corrected chi connectivity index (χ0v) is 16.6. The van der Waals surface area contributed by atoms with Gasteiger partial charge in [0.15, 0.2) is 0 Å². The van der Waals surface area contributed by atoms with Crippen molar-refractivity contribution in [1.82, 2.24) is 0 Å². The Morgan fingerprint density at radius 2 is 1.85 bits per heavy atom. The lowest BCUT2D eigenvalue weighted by atomic mass is 10.1. The van der Waals surface area contributed by atoms with Crippen LogP contribution in [0.5, 0.6) is 0 Å². The Balaban J connectivity index is 1.77. The molecule has 1 heterocycles. The summed E-state index contributed by atoms with van der Waals surface area (Å²) in [5.41, 5.74) is 4.94. The standard InChI is InChI=1S/C23H21BrN2O/c24-19-14-12-17(13-15-19)23(27)26-16-18-8-4-2-1-3-5-9-20(18)25-21-10-6-7-11-22(21)26/h1-2,4,6-8,10-15,25H,3,5,9,16H2/b2-1+,8-4-. The van der Waals surface area contributed by atoms with Crippen LogP contribution in [-0.4, -0.2) is 12.5 Å². The number of carbonyl (C=O) groups excluding carboxylic acids is 1. The quantitative estimate of drug-likeness (QED) is 0.606. The van der Waals surface area contributed by atoms with E-state index in [1.165, 1.54) is 5.70 Å². The molecular weight excluding hydrogens is 400 g/mol. The van der Waals surface area contributed by atoms with Crippen molar-refractivity contribution < 1.29 is 4.79 Å². The normalized spacial score (nSPS) is 18.8. The smallest absolute Gasteiger partial charge is 0.258 e. The number of anilines is 2. The molecule has 0 saturated carbocycles. The third-order valence-electron chi connectivity index (χ3n) is 4.87. The predicted molar refractivity (Wildman–Crippen MR) is 115 cm³/mol. The SMILES string of the molecule is O=C(c1ccc(Br)cc1)N1CC2=C(CCC/C=C/C=C\2)Nc2ccccc21. The topological polar surface area (TPSA) is 32.3 Å². The summed E-state index contributed by atoms with van der Waals surface area (Å²) in [5, 5.41) is 3.60. The number of hydrogen-bond acceptors (Lipinski definition) is 2. The van der Waals surface area contributed by atoms with Crippen LogP contribution in [0.15, 0.2) is 88.6 Å². The molecule has 1 aliphatic heterocycles. The number of halogens is 1. The first-order chi connectivity index (χ1) is 13.2. The van der Waals surface area contributed by atoms with Crippen LogP contribution in [0.2, 0.25) is 0 Å². The maximum Gasteiger partial charge on any atom is 0.258 e. The molecule has 0 fully saturated rings. The van der Waals surface area contributed by atoms with Gasteiger partial charge in [-0.3, -0.25) is 4.79 Å². The zero-order valence-electron chi connectivity index (χ0n) is 15.0. The van der Waals surface area contributed by atoms with Crippen LogP contribution in [0.4, 0.5) is 11.4 Å². The molecule has 0 atom stereocenters. The number of rotatable bonds is 1. The molecule has 1 N–H and O–H groups in total. The van der Waals surface area contributed by atoms with Gasteiger partial charge < -0.3 is 10.2 Å². The van der Waals surface area contributed by atoms with E-state index >= 15 is 0 Å². The molecule has 0 unspecified atom stereocenters. The van der Waals surface area contributed by atoms with Crippen LogP contribution < -0.4 is 10.2 Å². The van der Waals surface area contributed by atoms with Crippen LogP contribution in [0.25, 0.3) is 0 Å². The Morgan fingerprint density at radius 1 is 1.04 bits per heavy atom. The van der Waals surface area contributed by atoms with Gasteiger partial charge in [0, 0.05) is 15.7 Å². The molecular formula is C23H21BrN2O. The number of carbonyl (C=O) groups is 1. The van der Waals surface area contributed by atoms with Crippen molar-refractivity contribution in [1.29, 1.82) is 0 Å². The summed E-state index contributed by atoms with van der Waals surface area (Å²) in [7, 11) is 0. The second-order valence-corrected chi connectivity index (χ2v) is 7.64. The van der Waals surface area contributed by atoms with Gasteiger partial charge in [-0.2, -0.15) is 0 Å². The molecule has 0 aromatic heterocycles. The van der Waals surface area contributed by atoms with Crippen molar-refractivity contribution in [3.05, 3.63) is 94.1 Å². The second kappa shape index (κ2) is 7.97. The number of fused-ring (bicyclic) bond motifs is 1. The molecule has 1 aliphatic carbocycles. The largest absolute Gasteiger partial charge is 0.357 e. The third kappa shape index (κ3) is 3.91. The Labute approximate surface area is 168 Å². The van der Waals surface area contributed by atoms with Crippen molar-refractivity contribution in [3.8, 4) is 0 Å². The van der Waals surface area contributed by atoms with E-state index in [9.17, 15) is 4.79 Å². The molecule has 2 aliphatic rings. The van der Waals surface area contributed by atoms with E-state index in [1.807, 2.05) is 53.4 Å². The number of benzene rings is 2. The summed E-state index contributed by atoms with van der Waals surface area (Å²) in [6.07, 6.45) is 11.6. The number of hydrogen-bond donors (Lipinski definition) is 1. The first-order valence-electron chi connectivity index (χ1n) is 9.21. The van der Waals surface area contributed by atoms with Crippen LogP contribution in [0.3, 0.4) is 0 Å². The van der Waals surface area contributed by atoms with Crippen molar-refractivity contribution in [2.45, 2.75) is 19.3 Å². The van der Waals surface area contributed by atoms with Gasteiger partial charge in [0.2, 0.25) is 0 Å². The monoisotopic (exact) mass is 420 g/mol. The Hall–Kier alpha value is -2.59. The lowest BCUT2D eigenvalue weighted by molar-refractivity contribution is 0.0989. The number of nitrogens with one attached hydrogen (secondary N) is 1.